The van der Waals surface area contributed by atoms with Crippen LogP contribution in [-0.2, 0) is 6.54 Å². The number of nitrogens with one attached hydrogen (secondary N) is 2. The number of oxazole rings is 1. The molecule has 0 bridgehead atoms. The van der Waals surface area contributed by atoms with Gasteiger partial charge in [-0.15, -0.1) is 0 Å². The molecule has 0 aliphatic carbocycles. The third kappa shape index (κ3) is 4.77. The zero-order chi connectivity index (χ0) is 13.4. The Morgan fingerprint density at radius 3 is 2.61 bits per heavy atom. The summed E-state index contributed by atoms with van der Waals surface area (Å²) < 4.78 is 5.50. The molecule has 1 heterocycles. The topological polar surface area (TPSA) is 62.5 Å². The van der Waals surface area contributed by atoms with Crippen LogP contribution in [0.4, 0.5) is 0 Å². The molecule has 102 valence electrons. The minimum Gasteiger partial charge on any atom is -0.444 e. The predicted molar refractivity (Wildman–Crippen MR) is 73.7 cm³/mol. The van der Waals surface area contributed by atoms with Gasteiger partial charge in [-0.25, -0.2) is 4.98 Å². The highest BCUT2D eigenvalue weighted by atomic mass is 16.4. The predicted octanol–water partition coefficient (Wildman–Crippen LogP) is 2.15. The van der Waals surface area contributed by atoms with Crippen LogP contribution in [-0.4, -0.2) is 24.5 Å². The maximum Gasteiger partial charge on any atom is 0.214 e. The normalized spacial score (nSPS) is 11.7. The van der Waals surface area contributed by atoms with E-state index in [1.54, 1.807) is 7.05 Å². The average Bonchev–Trinajstić information content (AvgIpc) is 2.68. The molecule has 0 amide bonds. The van der Waals surface area contributed by atoms with Crippen molar-refractivity contribution >= 4 is 5.96 Å². The van der Waals surface area contributed by atoms with Gasteiger partial charge < -0.3 is 15.1 Å². The molecular weight excluding hydrogens is 228 g/mol. The molecule has 0 unspecified atom stereocenters. The van der Waals surface area contributed by atoms with Gasteiger partial charge in [-0.3, -0.25) is 4.99 Å². The van der Waals surface area contributed by atoms with Crippen LogP contribution in [0.1, 0.15) is 43.5 Å². The SMILES string of the molecule is CCCCCNC(=NC)NCc1nc(C)c(C)o1. The van der Waals surface area contributed by atoms with Crippen LogP contribution in [0.25, 0.3) is 0 Å². The van der Waals surface area contributed by atoms with Crippen LogP contribution in [0, 0.1) is 13.8 Å². The number of aryl methyl sites for hydroxylation is 2. The molecule has 2 N–H and O–H groups in total. The Morgan fingerprint density at radius 1 is 1.28 bits per heavy atom. The van der Waals surface area contributed by atoms with E-state index in [0.717, 1.165) is 30.4 Å². The van der Waals surface area contributed by atoms with Gasteiger partial charge >= 0.3 is 0 Å². The van der Waals surface area contributed by atoms with Gasteiger partial charge in [-0.05, 0) is 20.3 Å². The summed E-state index contributed by atoms with van der Waals surface area (Å²) in [6.45, 7) is 7.56. The highest BCUT2D eigenvalue weighted by molar-refractivity contribution is 5.79. The molecular formula is C13H24N4O. The summed E-state index contributed by atoms with van der Waals surface area (Å²) in [6, 6.07) is 0. The van der Waals surface area contributed by atoms with Crippen LogP contribution in [0.2, 0.25) is 0 Å². The van der Waals surface area contributed by atoms with Gasteiger partial charge in [0.1, 0.15) is 5.76 Å². The summed E-state index contributed by atoms with van der Waals surface area (Å²) in [5.41, 5.74) is 0.942. The number of guanidine groups is 1. The maximum atomic E-state index is 5.50. The molecule has 1 rings (SSSR count). The smallest absolute Gasteiger partial charge is 0.214 e. The number of hydrogen-bond donors (Lipinski definition) is 2. The minimum atomic E-state index is 0.558. The van der Waals surface area contributed by atoms with Gasteiger partial charge in [0.2, 0.25) is 5.89 Å². The summed E-state index contributed by atoms with van der Waals surface area (Å²) in [4.78, 5) is 8.47. The summed E-state index contributed by atoms with van der Waals surface area (Å²) in [5, 5.41) is 6.45. The van der Waals surface area contributed by atoms with E-state index in [0.29, 0.717) is 12.4 Å². The first-order chi connectivity index (χ1) is 8.67. The van der Waals surface area contributed by atoms with Crippen molar-refractivity contribution in [1.82, 2.24) is 15.6 Å². The van der Waals surface area contributed by atoms with Crippen molar-refractivity contribution in [3.8, 4) is 0 Å². The van der Waals surface area contributed by atoms with Gasteiger partial charge in [0.25, 0.3) is 0 Å². The fraction of sp³-hybridized carbons (Fsp3) is 0.692. The lowest BCUT2D eigenvalue weighted by molar-refractivity contribution is 0.463. The lowest BCUT2D eigenvalue weighted by atomic mass is 10.2. The Kier molecular flexibility index (Phi) is 6.25. The zero-order valence-corrected chi connectivity index (χ0v) is 11.8. The molecule has 0 saturated carbocycles. The molecule has 1 aromatic heterocycles. The number of aliphatic imine (C=N–C) groups is 1. The van der Waals surface area contributed by atoms with E-state index in [1.165, 1.54) is 12.8 Å². The summed E-state index contributed by atoms with van der Waals surface area (Å²) in [7, 11) is 1.77. The maximum absolute atomic E-state index is 5.50. The monoisotopic (exact) mass is 252 g/mol. The van der Waals surface area contributed by atoms with Crippen molar-refractivity contribution in [1.29, 1.82) is 0 Å². The number of nitrogens with zero attached hydrogens (tertiary/aromatic N) is 2. The van der Waals surface area contributed by atoms with Crippen LogP contribution in [0.15, 0.2) is 9.41 Å². The quantitative estimate of drug-likeness (QED) is 0.462. The van der Waals surface area contributed by atoms with Crippen molar-refractivity contribution < 1.29 is 4.42 Å². The summed E-state index contributed by atoms with van der Waals surface area (Å²) in [6.07, 6.45) is 3.62. The number of aromatic nitrogens is 1. The van der Waals surface area contributed by atoms with Crippen molar-refractivity contribution in [3.05, 3.63) is 17.3 Å². The highest BCUT2D eigenvalue weighted by Gasteiger charge is 2.05. The molecule has 0 aromatic carbocycles. The molecule has 18 heavy (non-hydrogen) atoms. The van der Waals surface area contributed by atoms with Gasteiger partial charge in [-0.1, -0.05) is 19.8 Å². The van der Waals surface area contributed by atoms with E-state index in [1.807, 2.05) is 13.8 Å². The van der Waals surface area contributed by atoms with Crippen molar-refractivity contribution in [2.75, 3.05) is 13.6 Å². The molecule has 5 nitrogen and oxygen atoms in total. The number of rotatable bonds is 6. The van der Waals surface area contributed by atoms with Crippen molar-refractivity contribution in [2.45, 2.75) is 46.6 Å². The average molecular weight is 252 g/mol. The van der Waals surface area contributed by atoms with Crippen LogP contribution in [0.3, 0.4) is 0 Å². The second kappa shape index (κ2) is 7.74. The van der Waals surface area contributed by atoms with Crippen molar-refractivity contribution in [3.63, 3.8) is 0 Å². The van der Waals surface area contributed by atoms with E-state index < -0.39 is 0 Å². The van der Waals surface area contributed by atoms with Crippen LogP contribution >= 0.6 is 0 Å². The first-order valence-electron chi connectivity index (χ1n) is 6.54. The molecule has 1 aromatic rings. The van der Waals surface area contributed by atoms with E-state index in [4.69, 9.17) is 4.42 Å². The van der Waals surface area contributed by atoms with Gasteiger partial charge in [0.05, 0.1) is 12.2 Å². The molecule has 0 atom stereocenters. The van der Waals surface area contributed by atoms with E-state index in [9.17, 15) is 0 Å². The third-order valence-electron chi connectivity index (χ3n) is 2.78. The van der Waals surface area contributed by atoms with Gasteiger partial charge in [0.15, 0.2) is 5.96 Å². The fourth-order valence-corrected chi connectivity index (χ4v) is 1.58. The summed E-state index contributed by atoms with van der Waals surface area (Å²) in [5.74, 6) is 2.36. The second-order valence-electron chi connectivity index (χ2n) is 4.31. The molecule has 0 aliphatic rings. The highest BCUT2D eigenvalue weighted by Crippen LogP contribution is 2.07. The Labute approximate surface area is 109 Å². The van der Waals surface area contributed by atoms with Crippen molar-refractivity contribution in [2.24, 2.45) is 4.99 Å². The fourth-order valence-electron chi connectivity index (χ4n) is 1.58. The summed E-state index contributed by atoms with van der Waals surface area (Å²) >= 11 is 0. The standard InChI is InChI=1S/C13H24N4O/c1-5-6-7-8-15-13(14-4)16-9-12-17-10(2)11(3)18-12/h5-9H2,1-4H3,(H2,14,15,16). The first kappa shape index (κ1) is 14.5. The molecule has 0 fully saturated rings. The Balaban J connectivity index is 2.31. The third-order valence-corrected chi connectivity index (χ3v) is 2.78. The number of hydrogen-bond acceptors (Lipinski definition) is 3. The lowest BCUT2D eigenvalue weighted by Gasteiger charge is -2.09. The second-order valence-corrected chi connectivity index (χ2v) is 4.31. The lowest BCUT2D eigenvalue weighted by Crippen LogP contribution is -2.37. The zero-order valence-electron chi connectivity index (χ0n) is 11.8. The van der Waals surface area contributed by atoms with Crippen LogP contribution in [0.5, 0.6) is 0 Å². The van der Waals surface area contributed by atoms with Crippen LogP contribution < -0.4 is 10.6 Å². The number of unbranched alkanes of at least 4 members (excludes halogenated alkanes) is 2. The molecule has 0 aliphatic heterocycles. The first-order valence-corrected chi connectivity index (χ1v) is 6.54. The van der Waals surface area contributed by atoms with Gasteiger partial charge in [-0.2, -0.15) is 0 Å². The van der Waals surface area contributed by atoms with E-state index in [-0.39, 0.29) is 0 Å². The van der Waals surface area contributed by atoms with Gasteiger partial charge in [0, 0.05) is 13.6 Å². The molecule has 0 radical (unpaired) electrons. The van der Waals surface area contributed by atoms with E-state index in [2.05, 4.69) is 27.5 Å². The Morgan fingerprint density at radius 2 is 2.06 bits per heavy atom. The largest absolute Gasteiger partial charge is 0.444 e. The minimum absolute atomic E-state index is 0.558. The Bertz CT molecular complexity index is 365. The molecule has 0 saturated heterocycles. The molecule has 0 spiro atoms. The van der Waals surface area contributed by atoms with E-state index >= 15 is 0 Å². The Hall–Kier alpha value is -1.52. The molecule has 5 heteroatoms.